The van der Waals surface area contributed by atoms with Crippen molar-refractivity contribution in [3.63, 3.8) is 0 Å². The molecule has 124 valence electrons. The van der Waals surface area contributed by atoms with Gasteiger partial charge in [-0.05, 0) is 12.1 Å². The molecule has 0 bridgehead atoms. The van der Waals surface area contributed by atoms with Crippen molar-refractivity contribution in [1.82, 2.24) is 19.3 Å². The first kappa shape index (κ1) is 15.9. The van der Waals surface area contributed by atoms with Crippen LogP contribution in [0.1, 0.15) is 27.2 Å². The summed E-state index contributed by atoms with van der Waals surface area (Å²) in [6.07, 6.45) is 3.11. The first-order valence-corrected chi connectivity index (χ1v) is 8.77. The molecule has 8 nitrogen and oxygen atoms in total. The fraction of sp³-hybridized carbons (Fsp3) is 0.500. The number of hydrogen-bond donors (Lipinski definition) is 1. The molecule has 0 radical (unpaired) electrons. The van der Waals surface area contributed by atoms with E-state index < -0.39 is 10.0 Å². The molecule has 2 aromatic heterocycles. The van der Waals surface area contributed by atoms with Crippen LogP contribution in [0.2, 0.25) is 0 Å². The van der Waals surface area contributed by atoms with Gasteiger partial charge in [-0.15, -0.1) is 0 Å². The minimum absolute atomic E-state index is 0.00283. The molecule has 1 aliphatic heterocycles. The SMILES string of the molecule is CC(C)(C)C1=NOC(CNS(=O)(=O)c2cnc3cccnn23)C1. The summed E-state index contributed by atoms with van der Waals surface area (Å²) in [6, 6.07) is 3.39. The lowest BCUT2D eigenvalue weighted by Crippen LogP contribution is -2.33. The standard InChI is InChI=1S/C14H19N5O3S/c1-14(2,3)11-7-10(22-18-11)8-17-23(20,21)13-9-15-12-5-4-6-16-19(12)13/h4-6,9-10,17H,7-8H2,1-3H3. The van der Waals surface area contributed by atoms with E-state index in [1.807, 2.05) is 20.8 Å². The molecule has 1 aliphatic rings. The highest BCUT2D eigenvalue weighted by atomic mass is 32.2. The molecular weight excluding hydrogens is 318 g/mol. The van der Waals surface area contributed by atoms with E-state index in [0.29, 0.717) is 12.1 Å². The van der Waals surface area contributed by atoms with Gasteiger partial charge in [-0.2, -0.15) is 5.10 Å². The number of fused-ring (bicyclic) bond motifs is 1. The van der Waals surface area contributed by atoms with E-state index >= 15 is 0 Å². The average Bonchev–Trinajstić information content (AvgIpc) is 3.12. The fourth-order valence-electron chi connectivity index (χ4n) is 2.25. The van der Waals surface area contributed by atoms with Crippen molar-refractivity contribution in [3.05, 3.63) is 24.5 Å². The normalized spacial score (nSPS) is 18.9. The van der Waals surface area contributed by atoms with E-state index in [0.717, 1.165) is 5.71 Å². The Bertz CT molecular complexity index is 851. The van der Waals surface area contributed by atoms with Gasteiger partial charge in [0.2, 0.25) is 0 Å². The molecular formula is C14H19N5O3S. The van der Waals surface area contributed by atoms with Gasteiger partial charge in [0.05, 0.1) is 18.5 Å². The van der Waals surface area contributed by atoms with Gasteiger partial charge < -0.3 is 4.84 Å². The van der Waals surface area contributed by atoms with Gasteiger partial charge in [-0.3, -0.25) is 0 Å². The maximum Gasteiger partial charge on any atom is 0.259 e. The summed E-state index contributed by atoms with van der Waals surface area (Å²) >= 11 is 0. The highest BCUT2D eigenvalue weighted by Crippen LogP contribution is 2.25. The quantitative estimate of drug-likeness (QED) is 0.904. The summed E-state index contributed by atoms with van der Waals surface area (Å²) in [7, 11) is -3.73. The molecule has 2 aromatic rings. The summed E-state index contributed by atoms with van der Waals surface area (Å²) in [4.78, 5) is 9.35. The van der Waals surface area contributed by atoms with Gasteiger partial charge in [0.25, 0.3) is 10.0 Å². The van der Waals surface area contributed by atoms with Gasteiger partial charge in [-0.1, -0.05) is 25.9 Å². The average molecular weight is 337 g/mol. The van der Waals surface area contributed by atoms with Crippen molar-refractivity contribution >= 4 is 21.4 Å². The second-order valence-electron chi connectivity index (χ2n) is 6.46. The second kappa shape index (κ2) is 5.57. The van der Waals surface area contributed by atoms with Crippen molar-refractivity contribution in [3.8, 4) is 0 Å². The van der Waals surface area contributed by atoms with E-state index in [9.17, 15) is 8.42 Å². The Labute approximate surface area is 134 Å². The first-order valence-electron chi connectivity index (χ1n) is 7.29. The molecule has 0 spiro atoms. The van der Waals surface area contributed by atoms with Crippen LogP contribution in [-0.2, 0) is 14.9 Å². The van der Waals surface area contributed by atoms with Crippen molar-refractivity contribution in [1.29, 1.82) is 0 Å². The number of nitrogens with one attached hydrogen (secondary N) is 1. The van der Waals surface area contributed by atoms with Crippen LogP contribution in [0, 0.1) is 5.41 Å². The van der Waals surface area contributed by atoms with Crippen LogP contribution in [0.15, 0.2) is 34.7 Å². The Morgan fingerprint density at radius 1 is 1.43 bits per heavy atom. The number of nitrogens with zero attached hydrogens (tertiary/aromatic N) is 4. The molecule has 3 heterocycles. The van der Waals surface area contributed by atoms with E-state index in [2.05, 4.69) is 20.0 Å². The van der Waals surface area contributed by atoms with Crippen molar-refractivity contribution in [2.45, 2.75) is 38.3 Å². The molecule has 0 saturated carbocycles. The van der Waals surface area contributed by atoms with Crippen molar-refractivity contribution in [2.24, 2.45) is 10.6 Å². The van der Waals surface area contributed by atoms with Gasteiger partial charge >= 0.3 is 0 Å². The number of sulfonamides is 1. The Kier molecular flexibility index (Phi) is 3.85. The zero-order valence-electron chi connectivity index (χ0n) is 13.2. The summed E-state index contributed by atoms with van der Waals surface area (Å²) in [5.74, 6) is 0. The molecule has 0 saturated heterocycles. The Morgan fingerprint density at radius 2 is 2.22 bits per heavy atom. The van der Waals surface area contributed by atoms with E-state index in [1.54, 1.807) is 12.1 Å². The molecule has 3 rings (SSSR count). The summed E-state index contributed by atoms with van der Waals surface area (Å²) in [5, 5.41) is 8.07. The molecule has 1 atom stereocenters. The Morgan fingerprint density at radius 3 is 2.91 bits per heavy atom. The lowest BCUT2D eigenvalue weighted by Gasteiger charge is -2.16. The molecule has 0 fully saturated rings. The molecule has 0 aliphatic carbocycles. The van der Waals surface area contributed by atoms with Crippen molar-refractivity contribution < 1.29 is 13.3 Å². The van der Waals surface area contributed by atoms with Crippen LogP contribution >= 0.6 is 0 Å². The topological polar surface area (TPSA) is 97.9 Å². The molecule has 9 heteroatoms. The second-order valence-corrected chi connectivity index (χ2v) is 8.18. The van der Waals surface area contributed by atoms with E-state index in [-0.39, 0.29) is 23.1 Å². The lowest BCUT2D eigenvalue weighted by atomic mass is 9.87. The molecule has 1 unspecified atom stereocenters. The number of hydrogen-bond acceptors (Lipinski definition) is 6. The molecule has 0 aromatic carbocycles. The van der Waals surface area contributed by atoms with Crippen LogP contribution in [0.5, 0.6) is 0 Å². The van der Waals surface area contributed by atoms with Crippen LogP contribution in [0.3, 0.4) is 0 Å². The monoisotopic (exact) mass is 337 g/mol. The third kappa shape index (κ3) is 3.20. The van der Waals surface area contributed by atoms with Crippen LogP contribution in [0.4, 0.5) is 0 Å². The highest BCUT2D eigenvalue weighted by Gasteiger charge is 2.31. The zero-order valence-corrected chi connectivity index (χ0v) is 14.0. The number of aromatic nitrogens is 3. The smallest absolute Gasteiger partial charge is 0.259 e. The lowest BCUT2D eigenvalue weighted by molar-refractivity contribution is 0.0890. The van der Waals surface area contributed by atoms with E-state index in [1.165, 1.54) is 16.9 Å². The highest BCUT2D eigenvalue weighted by molar-refractivity contribution is 7.89. The van der Waals surface area contributed by atoms with Crippen LogP contribution in [0.25, 0.3) is 5.65 Å². The minimum Gasteiger partial charge on any atom is -0.391 e. The summed E-state index contributed by atoms with van der Waals surface area (Å²) in [5.41, 5.74) is 1.32. The predicted molar refractivity (Wildman–Crippen MR) is 84.6 cm³/mol. The minimum atomic E-state index is -3.73. The predicted octanol–water partition coefficient (Wildman–Crippen LogP) is 1.20. The number of rotatable bonds is 4. The van der Waals surface area contributed by atoms with Crippen molar-refractivity contribution in [2.75, 3.05) is 6.54 Å². The summed E-state index contributed by atoms with van der Waals surface area (Å²) < 4.78 is 28.7. The van der Waals surface area contributed by atoms with Crippen LogP contribution in [-0.4, -0.2) is 41.4 Å². The third-order valence-electron chi connectivity index (χ3n) is 3.62. The van der Waals surface area contributed by atoms with Gasteiger partial charge in [0.1, 0.15) is 6.10 Å². The molecule has 23 heavy (non-hydrogen) atoms. The Hall–Kier alpha value is -2.00. The van der Waals surface area contributed by atoms with E-state index in [4.69, 9.17) is 4.84 Å². The number of imidazole rings is 1. The largest absolute Gasteiger partial charge is 0.391 e. The summed E-state index contributed by atoms with van der Waals surface area (Å²) in [6.45, 7) is 6.29. The maximum absolute atomic E-state index is 12.4. The zero-order chi connectivity index (χ0) is 16.7. The van der Waals surface area contributed by atoms with Gasteiger partial charge in [0.15, 0.2) is 10.7 Å². The Balaban J connectivity index is 1.69. The fourth-order valence-corrected chi connectivity index (χ4v) is 3.36. The third-order valence-corrected chi connectivity index (χ3v) is 5.00. The molecule has 0 amide bonds. The van der Waals surface area contributed by atoms with Gasteiger partial charge in [0, 0.05) is 18.0 Å². The van der Waals surface area contributed by atoms with Crippen LogP contribution < -0.4 is 4.72 Å². The molecule has 1 N–H and O–H groups in total. The van der Waals surface area contributed by atoms with Gasteiger partial charge in [-0.25, -0.2) is 22.6 Å². The first-order chi connectivity index (χ1) is 10.8. The maximum atomic E-state index is 12.4. The number of oxime groups is 1.